The Morgan fingerprint density at radius 1 is 0.697 bits per heavy atom. The minimum atomic E-state index is -1.22. The molecule has 3 rings (SSSR count). The molecule has 182 valence electrons. The molecule has 0 aromatic heterocycles. The molecular formula is C28H36F4O. The van der Waals surface area contributed by atoms with Gasteiger partial charge in [0.05, 0.1) is 6.61 Å². The molecule has 0 amide bonds. The van der Waals surface area contributed by atoms with Crippen LogP contribution in [0.15, 0.2) is 24.3 Å². The smallest absolute Gasteiger partial charge is 0.201 e. The molecule has 1 fully saturated rings. The third-order valence-corrected chi connectivity index (χ3v) is 6.91. The van der Waals surface area contributed by atoms with Gasteiger partial charge in [0.15, 0.2) is 23.2 Å². The van der Waals surface area contributed by atoms with E-state index in [0.29, 0.717) is 18.1 Å². The van der Waals surface area contributed by atoms with Crippen LogP contribution in [0.25, 0.3) is 11.1 Å². The number of hydrogen-bond acceptors (Lipinski definition) is 1. The van der Waals surface area contributed by atoms with Gasteiger partial charge in [-0.3, -0.25) is 0 Å². The fourth-order valence-corrected chi connectivity index (χ4v) is 4.75. The van der Waals surface area contributed by atoms with Crippen molar-refractivity contribution in [2.75, 3.05) is 6.61 Å². The Hall–Kier alpha value is -2.04. The first-order valence-corrected chi connectivity index (χ1v) is 12.5. The molecule has 0 radical (unpaired) electrons. The SMILES string of the molecule is CCCCCCCCCOc1ccc(-c2ccc(C3CCC(C)CC3)c(F)c2F)c(F)c1F. The van der Waals surface area contributed by atoms with E-state index in [0.717, 1.165) is 44.9 Å². The van der Waals surface area contributed by atoms with Crippen molar-refractivity contribution in [3.8, 4) is 16.9 Å². The highest BCUT2D eigenvalue weighted by atomic mass is 19.2. The summed E-state index contributed by atoms with van der Waals surface area (Å²) in [5, 5.41) is 0. The average molecular weight is 465 g/mol. The number of benzene rings is 2. The Morgan fingerprint density at radius 3 is 1.94 bits per heavy atom. The van der Waals surface area contributed by atoms with Crippen LogP contribution < -0.4 is 4.74 Å². The van der Waals surface area contributed by atoms with Crippen LogP contribution in [0.4, 0.5) is 17.6 Å². The number of unbranched alkanes of at least 4 members (excludes halogenated alkanes) is 6. The van der Waals surface area contributed by atoms with E-state index in [9.17, 15) is 17.6 Å². The number of rotatable bonds is 11. The lowest BCUT2D eigenvalue weighted by atomic mass is 9.79. The first-order valence-electron chi connectivity index (χ1n) is 12.5. The zero-order valence-electron chi connectivity index (χ0n) is 19.9. The van der Waals surface area contributed by atoms with Crippen molar-refractivity contribution in [3.05, 3.63) is 53.1 Å². The molecule has 1 nitrogen and oxygen atoms in total. The van der Waals surface area contributed by atoms with E-state index in [1.165, 1.54) is 49.9 Å². The first-order chi connectivity index (χ1) is 15.9. The fourth-order valence-electron chi connectivity index (χ4n) is 4.75. The molecule has 2 aromatic rings. The second-order valence-electron chi connectivity index (χ2n) is 9.50. The lowest BCUT2D eigenvalue weighted by Crippen LogP contribution is -2.13. The molecule has 0 unspecified atom stereocenters. The fraction of sp³-hybridized carbons (Fsp3) is 0.571. The van der Waals surface area contributed by atoms with Crippen LogP contribution >= 0.6 is 0 Å². The molecule has 0 saturated heterocycles. The maximum atomic E-state index is 14.9. The topological polar surface area (TPSA) is 9.23 Å². The molecule has 0 N–H and O–H groups in total. The third-order valence-electron chi connectivity index (χ3n) is 6.91. The third kappa shape index (κ3) is 6.51. The van der Waals surface area contributed by atoms with Gasteiger partial charge in [-0.25, -0.2) is 13.2 Å². The monoisotopic (exact) mass is 464 g/mol. The lowest BCUT2D eigenvalue weighted by molar-refractivity contribution is 0.285. The van der Waals surface area contributed by atoms with Gasteiger partial charge in [0, 0.05) is 11.1 Å². The molecule has 0 atom stereocenters. The van der Waals surface area contributed by atoms with Gasteiger partial charge >= 0.3 is 0 Å². The van der Waals surface area contributed by atoms with Crippen LogP contribution in [0.5, 0.6) is 5.75 Å². The minimum absolute atomic E-state index is 0.0336. The van der Waals surface area contributed by atoms with Crippen molar-refractivity contribution >= 4 is 0 Å². The van der Waals surface area contributed by atoms with E-state index in [1.54, 1.807) is 0 Å². The van der Waals surface area contributed by atoms with Crippen molar-refractivity contribution in [2.45, 2.75) is 90.4 Å². The first kappa shape index (κ1) is 25.6. The number of hydrogen-bond donors (Lipinski definition) is 0. The lowest BCUT2D eigenvalue weighted by Gasteiger charge is -2.27. The molecule has 0 spiro atoms. The Labute approximate surface area is 195 Å². The molecule has 1 saturated carbocycles. The average Bonchev–Trinajstić information content (AvgIpc) is 2.81. The largest absolute Gasteiger partial charge is 0.490 e. The highest BCUT2D eigenvalue weighted by Gasteiger charge is 2.26. The van der Waals surface area contributed by atoms with Crippen LogP contribution in [-0.2, 0) is 0 Å². The minimum Gasteiger partial charge on any atom is -0.490 e. The Bertz CT molecular complexity index is 903. The molecule has 1 aliphatic rings. The Morgan fingerprint density at radius 2 is 1.27 bits per heavy atom. The maximum Gasteiger partial charge on any atom is 0.201 e. The molecule has 1 aliphatic carbocycles. The second kappa shape index (κ2) is 12.4. The van der Waals surface area contributed by atoms with Crippen molar-refractivity contribution in [3.63, 3.8) is 0 Å². The van der Waals surface area contributed by atoms with Gasteiger partial charge < -0.3 is 4.74 Å². The summed E-state index contributed by atoms with van der Waals surface area (Å²) in [6, 6.07) is 5.44. The normalized spacial score (nSPS) is 18.5. The van der Waals surface area contributed by atoms with Crippen LogP contribution in [0, 0.1) is 29.2 Å². The molecule has 33 heavy (non-hydrogen) atoms. The molecule has 5 heteroatoms. The van der Waals surface area contributed by atoms with Crippen LogP contribution in [0.3, 0.4) is 0 Å². The Balaban J connectivity index is 1.65. The molecule has 0 bridgehead atoms. The predicted octanol–water partition coefficient (Wildman–Crippen LogP) is 9.33. The highest BCUT2D eigenvalue weighted by Crippen LogP contribution is 2.39. The maximum absolute atomic E-state index is 14.9. The van der Waals surface area contributed by atoms with E-state index in [-0.39, 0.29) is 22.8 Å². The van der Waals surface area contributed by atoms with Gasteiger partial charge in [0.1, 0.15) is 0 Å². The zero-order chi connectivity index (χ0) is 23.8. The summed E-state index contributed by atoms with van der Waals surface area (Å²) in [4.78, 5) is 0. The van der Waals surface area contributed by atoms with E-state index >= 15 is 0 Å². The molecular weight excluding hydrogens is 428 g/mol. The van der Waals surface area contributed by atoms with Gasteiger partial charge in [-0.1, -0.05) is 77.3 Å². The summed E-state index contributed by atoms with van der Waals surface area (Å²) in [6.07, 6.45) is 11.2. The molecule has 0 aliphatic heterocycles. The molecule has 2 aromatic carbocycles. The summed E-state index contributed by atoms with van der Waals surface area (Å²) >= 11 is 0. The van der Waals surface area contributed by atoms with Crippen molar-refractivity contribution in [1.82, 2.24) is 0 Å². The number of ether oxygens (including phenoxy) is 1. The zero-order valence-corrected chi connectivity index (χ0v) is 19.9. The Kier molecular flexibility index (Phi) is 9.64. The van der Waals surface area contributed by atoms with Crippen molar-refractivity contribution in [2.24, 2.45) is 5.92 Å². The van der Waals surface area contributed by atoms with Crippen LogP contribution in [0.1, 0.15) is 96.0 Å². The number of halogens is 4. The van der Waals surface area contributed by atoms with E-state index in [2.05, 4.69) is 13.8 Å². The van der Waals surface area contributed by atoms with Crippen molar-refractivity contribution in [1.29, 1.82) is 0 Å². The predicted molar refractivity (Wildman–Crippen MR) is 126 cm³/mol. The quantitative estimate of drug-likeness (QED) is 0.238. The standard InChI is InChI=1S/C28H36F4O/c1-3-4-5-6-7-8-9-18-33-24-17-16-23(27(31)28(24)32)22-15-14-21(25(29)26(22)30)20-12-10-19(2)11-13-20/h14-17,19-20H,3-13,18H2,1-2H3. The summed E-state index contributed by atoms with van der Waals surface area (Å²) < 4.78 is 64.5. The van der Waals surface area contributed by atoms with Gasteiger partial charge in [0.25, 0.3) is 0 Å². The summed E-state index contributed by atoms with van der Waals surface area (Å²) in [6.45, 7) is 4.63. The summed E-state index contributed by atoms with van der Waals surface area (Å²) in [5.41, 5.74) is -0.231. The van der Waals surface area contributed by atoms with E-state index < -0.39 is 23.3 Å². The van der Waals surface area contributed by atoms with Gasteiger partial charge in [-0.15, -0.1) is 0 Å². The van der Waals surface area contributed by atoms with E-state index in [1.807, 2.05) is 0 Å². The summed E-state index contributed by atoms with van der Waals surface area (Å²) in [7, 11) is 0. The van der Waals surface area contributed by atoms with E-state index in [4.69, 9.17) is 4.74 Å². The van der Waals surface area contributed by atoms with Gasteiger partial charge in [-0.05, 0) is 48.8 Å². The van der Waals surface area contributed by atoms with Crippen LogP contribution in [0.2, 0.25) is 0 Å². The van der Waals surface area contributed by atoms with Crippen LogP contribution in [-0.4, -0.2) is 6.61 Å². The molecule has 0 heterocycles. The summed E-state index contributed by atoms with van der Waals surface area (Å²) in [5.74, 6) is -4.10. The van der Waals surface area contributed by atoms with Crippen molar-refractivity contribution < 1.29 is 22.3 Å². The van der Waals surface area contributed by atoms with Gasteiger partial charge in [-0.2, -0.15) is 4.39 Å². The highest BCUT2D eigenvalue weighted by molar-refractivity contribution is 5.66. The second-order valence-corrected chi connectivity index (χ2v) is 9.50. The van der Waals surface area contributed by atoms with Gasteiger partial charge in [0.2, 0.25) is 5.82 Å².